The average Bonchev–Trinajstić information content (AvgIpc) is 3.20. The Kier molecular flexibility index (Phi) is 11.7. The highest BCUT2D eigenvalue weighted by atomic mass is 28.5. The van der Waals surface area contributed by atoms with Crippen LogP contribution in [-0.2, 0) is 28.8 Å². The fourth-order valence-electron chi connectivity index (χ4n) is 5.87. The van der Waals surface area contributed by atoms with Crippen molar-refractivity contribution in [3.05, 3.63) is 182 Å². The molecule has 0 atom stereocenters. The van der Waals surface area contributed by atoms with Gasteiger partial charge in [0, 0.05) is 0 Å². The Morgan fingerprint density at radius 2 is 0.480 bits per heavy atom. The molecule has 0 unspecified atom stereocenters. The quantitative estimate of drug-likeness (QED) is 0.241. The zero-order valence-corrected chi connectivity index (χ0v) is 33.7. The molecule has 8 radical (unpaired) electrons. The van der Waals surface area contributed by atoms with Crippen LogP contribution in [0.2, 0.25) is 0 Å². The minimum absolute atomic E-state index is 0.290. The Labute approximate surface area is 306 Å². The van der Waals surface area contributed by atoms with Crippen molar-refractivity contribution in [1.82, 2.24) is 0 Å². The van der Waals surface area contributed by atoms with Gasteiger partial charge in [-0.3, -0.25) is 0 Å². The van der Waals surface area contributed by atoms with E-state index in [0.29, 0.717) is 0 Å². The summed E-state index contributed by atoms with van der Waals surface area (Å²) in [6.07, 6.45) is 0. The Hall–Kier alpha value is -3.44. The molecule has 244 valence electrons. The monoisotopic (exact) mass is 770 g/mol. The normalized spacial score (nSPS) is 18.0. The summed E-state index contributed by atoms with van der Waals surface area (Å²) >= 11 is 0. The fourth-order valence-corrected chi connectivity index (χ4v) is 24.7. The fraction of sp³-hybridized carbons (Fsp3) is 0. The second-order valence-electron chi connectivity index (χ2n) is 11.1. The van der Waals surface area contributed by atoms with Crippen molar-refractivity contribution in [2.45, 2.75) is 0 Å². The van der Waals surface area contributed by atoms with E-state index in [9.17, 15) is 0 Å². The molecule has 0 bridgehead atoms. The lowest BCUT2D eigenvalue weighted by molar-refractivity contribution is 0.305. The van der Waals surface area contributed by atoms with Crippen LogP contribution in [0.3, 0.4) is 0 Å². The molecule has 1 heterocycles. The molecule has 6 aromatic carbocycles. The molecule has 14 heteroatoms. The Morgan fingerprint density at radius 1 is 0.260 bits per heavy atom. The van der Waals surface area contributed by atoms with E-state index < -0.39 is 25.7 Å². The maximum atomic E-state index is 8.05. The second-order valence-corrected chi connectivity index (χ2v) is 24.6. The van der Waals surface area contributed by atoms with E-state index in [0.717, 1.165) is 31.1 Å². The number of benzene rings is 6. The summed E-state index contributed by atoms with van der Waals surface area (Å²) in [5.74, 6) is 0. The van der Waals surface area contributed by atoms with Gasteiger partial charge in [0.25, 0.3) is 0 Å². The van der Waals surface area contributed by atoms with E-state index in [2.05, 4.69) is 72.8 Å². The first kappa shape index (κ1) is 35.0. The molecule has 1 saturated heterocycles. The number of hydrogen-bond donors (Lipinski definition) is 0. The summed E-state index contributed by atoms with van der Waals surface area (Å²) in [5, 5.41) is 5.52. The molecule has 1 aliphatic heterocycles. The molecule has 0 spiro atoms. The second kappa shape index (κ2) is 16.7. The van der Waals surface area contributed by atoms with Crippen LogP contribution in [-0.4, -0.2) is 65.7 Å². The minimum atomic E-state index is -3.90. The Balaban J connectivity index is 1.58. The van der Waals surface area contributed by atoms with Crippen molar-refractivity contribution in [3.8, 4) is 0 Å². The lowest BCUT2D eigenvalue weighted by Crippen LogP contribution is -2.80. The Morgan fingerprint density at radius 3 is 0.740 bits per heavy atom. The smallest absolute Gasteiger partial charge is 0.412 e. The van der Waals surface area contributed by atoms with Gasteiger partial charge in [0.15, 0.2) is 0 Å². The van der Waals surface area contributed by atoms with E-state index in [1.54, 1.807) is 0 Å². The van der Waals surface area contributed by atoms with Crippen molar-refractivity contribution in [2.75, 3.05) is 0 Å². The molecule has 7 nitrogen and oxygen atoms in total. The zero-order chi connectivity index (χ0) is 34.0. The molecule has 6 aromatic rings. The lowest BCUT2D eigenvalue weighted by atomic mass is 10.4. The third-order valence-electron chi connectivity index (χ3n) is 8.12. The van der Waals surface area contributed by atoms with Gasteiger partial charge in [-0.15, -0.1) is 0 Å². The van der Waals surface area contributed by atoms with Gasteiger partial charge in [0.1, 0.15) is 0 Å². The topological polar surface area (TPSA) is 64.6 Å². The molecule has 0 N–H and O–H groups in total. The lowest BCUT2D eigenvalue weighted by Gasteiger charge is -2.46. The summed E-state index contributed by atoms with van der Waals surface area (Å²) in [5.41, 5.74) is 0. The summed E-state index contributed by atoms with van der Waals surface area (Å²) in [7, 11) is -12.6. The van der Waals surface area contributed by atoms with Crippen LogP contribution < -0.4 is 31.1 Å². The molecule has 0 aliphatic carbocycles. The van der Waals surface area contributed by atoms with Crippen molar-refractivity contribution < 1.29 is 28.8 Å². The van der Waals surface area contributed by atoms with Crippen molar-refractivity contribution in [1.29, 1.82) is 0 Å². The minimum Gasteiger partial charge on any atom is -0.412 e. The van der Waals surface area contributed by atoms with Crippen LogP contribution in [0, 0.1) is 0 Å². The molecule has 0 saturated carbocycles. The predicted molar refractivity (Wildman–Crippen MR) is 204 cm³/mol. The van der Waals surface area contributed by atoms with Gasteiger partial charge in [-0.25, -0.2) is 0 Å². The molecular formula is C36H30O7Si7. The maximum absolute atomic E-state index is 8.05. The highest BCUT2D eigenvalue weighted by molar-refractivity contribution is 7.10. The van der Waals surface area contributed by atoms with E-state index >= 15 is 0 Å². The molecule has 1 fully saturated rings. The molecule has 1 aliphatic rings. The molecule has 0 amide bonds. The first-order valence-electron chi connectivity index (χ1n) is 15.8. The standard InChI is InChI=1S/C36H30O7Si7/c1-7-19-31(20-8-1)48(32-21-9-2-10-22-32)40-46-38-44-37-45-39-47-41-49(33-23-11-3-12-24-33,34-25-13-4-14-26-34)43-50(42-48,35-27-15-5-16-28-35)36-29-17-6-18-30-36/h1-30H. The maximum Gasteiger partial charge on any atom is 0.413 e. The van der Waals surface area contributed by atoms with Crippen LogP contribution in [0.25, 0.3) is 0 Å². The van der Waals surface area contributed by atoms with Gasteiger partial charge in [-0.2, -0.15) is 0 Å². The van der Waals surface area contributed by atoms with Gasteiger partial charge in [0.05, 0.1) is 0 Å². The summed E-state index contributed by atoms with van der Waals surface area (Å²) in [4.78, 5) is 0. The van der Waals surface area contributed by atoms with Crippen LogP contribution in [0.15, 0.2) is 182 Å². The largest absolute Gasteiger partial charge is 0.413 e. The van der Waals surface area contributed by atoms with Crippen LogP contribution >= 0.6 is 0 Å². The molecule has 50 heavy (non-hydrogen) atoms. The van der Waals surface area contributed by atoms with Gasteiger partial charge in [-0.1, -0.05) is 182 Å². The van der Waals surface area contributed by atoms with E-state index in [1.165, 1.54) is 0 Å². The molecular weight excluding hydrogens is 741 g/mol. The third-order valence-corrected chi connectivity index (χ3v) is 24.2. The Bertz CT molecular complexity index is 1680. The SMILES string of the molecule is c1ccc([Si]2(c3ccccc3)O[Si]O[Si]O[Si]O[Si]O[Si](c3ccccc3)(c3ccccc3)O[Si](c3ccccc3)(c3ccccc3)O2)cc1. The highest BCUT2D eigenvalue weighted by Gasteiger charge is 2.60. The van der Waals surface area contributed by atoms with Crippen molar-refractivity contribution in [2.24, 2.45) is 0 Å². The summed E-state index contributed by atoms with van der Waals surface area (Å²) < 4.78 is 47.9. The average molecular weight is 771 g/mol. The van der Waals surface area contributed by atoms with Gasteiger partial charge in [-0.05, 0) is 31.1 Å². The predicted octanol–water partition coefficient (Wildman–Crippen LogP) is 2.02. The van der Waals surface area contributed by atoms with Gasteiger partial charge >= 0.3 is 65.7 Å². The van der Waals surface area contributed by atoms with E-state index in [1.807, 2.05) is 109 Å². The van der Waals surface area contributed by atoms with Gasteiger partial charge in [0.2, 0.25) is 0 Å². The van der Waals surface area contributed by atoms with E-state index in [4.69, 9.17) is 28.8 Å². The summed E-state index contributed by atoms with van der Waals surface area (Å²) in [6.45, 7) is 0. The van der Waals surface area contributed by atoms with Crippen LogP contribution in [0.5, 0.6) is 0 Å². The summed E-state index contributed by atoms with van der Waals surface area (Å²) in [6, 6.07) is 61.3. The highest BCUT2D eigenvalue weighted by Crippen LogP contribution is 2.24. The van der Waals surface area contributed by atoms with Crippen LogP contribution in [0.1, 0.15) is 0 Å². The number of rotatable bonds is 6. The molecule has 7 rings (SSSR count). The zero-order valence-electron chi connectivity index (χ0n) is 26.7. The van der Waals surface area contributed by atoms with Crippen molar-refractivity contribution in [3.63, 3.8) is 0 Å². The van der Waals surface area contributed by atoms with Crippen LogP contribution in [0.4, 0.5) is 0 Å². The van der Waals surface area contributed by atoms with Crippen molar-refractivity contribution >= 4 is 96.8 Å². The first-order chi connectivity index (χ1) is 24.8. The first-order valence-corrected chi connectivity index (χ1v) is 24.5. The molecule has 0 aromatic heterocycles. The third kappa shape index (κ3) is 7.45. The van der Waals surface area contributed by atoms with Gasteiger partial charge < -0.3 is 28.8 Å². The number of hydrogen-bond acceptors (Lipinski definition) is 7. The van der Waals surface area contributed by atoms with E-state index in [-0.39, 0.29) is 40.0 Å².